The van der Waals surface area contributed by atoms with E-state index in [0.717, 1.165) is 17.1 Å². The van der Waals surface area contributed by atoms with Gasteiger partial charge in [0.05, 0.1) is 23.5 Å². The number of carbonyl (C=O) groups is 1. The zero-order valence-electron chi connectivity index (χ0n) is 13.0. The van der Waals surface area contributed by atoms with Gasteiger partial charge in [-0.25, -0.2) is 9.67 Å². The van der Waals surface area contributed by atoms with Crippen molar-refractivity contribution in [3.8, 4) is 5.82 Å². The lowest BCUT2D eigenvalue weighted by Crippen LogP contribution is -2.23. The van der Waals surface area contributed by atoms with E-state index in [2.05, 4.69) is 20.4 Å². The quantitative estimate of drug-likeness (QED) is 0.802. The Kier molecular flexibility index (Phi) is 4.14. The molecule has 0 atom stereocenters. The molecule has 0 aliphatic carbocycles. The van der Waals surface area contributed by atoms with Gasteiger partial charge in [0.25, 0.3) is 5.91 Å². The second-order valence-electron chi connectivity index (χ2n) is 5.25. The molecule has 0 spiro atoms. The fourth-order valence-corrected chi connectivity index (χ4v) is 2.28. The number of aromatic nitrogens is 4. The van der Waals surface area contributed by atoms with Crippen LogP contribution < -0.4 is 5.32 Å². The van der Waals surface area contributed by atoms with Crippen molar-refractivity contribution in [3.05, 3.63) is 71.4 Å². The van der Waals surface area contributed by atoms with Crippen molar-refractivity contribution in [2.45, 2.75) is 20.4 Å². The Morgan fingerprint density at radius 3 is 2.65 bits per heavy atom. The normalized spacial score (nSPS) is 10.5. The fourth-order valence-electron chi connectivity index (χ4n) is 2.28. The van der Waals surface area contributed by atoms with Crippen LogP contribution in [-0.4, -0.2) is 25.7 Å². The molecule has 6 nitrogen and oxygen atoms in total. The smallest absolute Gasteiger partial charge is 0.253 e. The van der Waals surface area contributed by atoms with Crippen LogP contribution in [0.5, 0.6) is 0 Å². The van der Waals surface area contributed by atoms with Gasteiger partial charge in [-0.3, -0.25) is 9.78 Å². The van der Waals surface area contributed by atoms with E-state index in [1.165, 1.54) is 0 Å². The first-order valence-corrected chi connectivity index (χ1v) is 7.31. The predicted octanol–water partition coefficient (Wildman–Crippen LogP) is 2.21. The number of hydrogen-bond acceptors (Lipinski definition) is 4. The van der Waals surface area contributed by atoms with Gasteiger partial charge < -0.3 is 5.32 Å². The molecule has 0 bridgehead atoms. The van der Waals surface area contributed by atoms with E-state index in [9.17, 15) is 4.79 Å². The number of carbonyl (C=O) groups excluding carboxylic acids is 1. The topological polar surface area (TPSA) is 72.7 Å². The van der Waals surface area contributed by atoms with E-state index in [0.29, 0.717) is 17.9 Å². The second-order valence-corrected chi connectivity index (χ2v) is 5.25. The zero-order chi connectivity index (χ0) is 16.2. The monoisotopic (exact) mass is 307 g/mol. The summed E-state index contributed by atoms with van der Waals surface area (Å²) in [5.41, 5.74) is 3.25. The Morgan fingerprint density at radius 2 is 2.04 bits per heavy atom. The molecule has 6 heteroatoms. The van der Waals surface area contributed by atoms with Crippen LogP contribution >= 0.6 is 0 Å². The SMILES string of the molecule is Cc1cc(C)n(-c2ccc(C(=O)NCc3ccccn3)cn2)n1. The summed E-state index contributed by atoms with van der Waals surface area (Å²) in [7, 11) is 0. The molecule has 3 heterocycles. The second kappa shape index (κ2) is 6.39. The Labute approximate surface area is 134 Å². The van der Waals surface area contributed by atoms with Crippen LogP contribution in [0.4, 0.5) is 0 Å². The molecule has 1 amide bonds. The van der Waals surface area contributed by atoms with E-state index in [1.54, 1.807) is 29.2 Å². The molecule has 3 aromatic rings. The van der Waals surface area contributed by atoms with Crippen LogP contribution in [0.25, 0.3) is 5.82 Å². The lowest BCUT2D eigenvalue weighted by molar-refractivity contribution is 0.0950. The Bertz CT molecular complexity index is 809. The molecule has 23 heavy (non-hydrogen) atoms. The van der Waals surface area contributed by atoms with Gasteiger partial charge in [-0.05, 0) is 44.2 Å². The van der Waals surface area contributed by atoms with Crippen molar-refractivity contribution in [2.24, 2.45) is 0 Å². The minimum Gasteiger partial charge on any atom is -0.346 e. The van der Waals surface area contributed by atoms with Gasteiger partial charge in [0.1, 0.15) is 0 Å². The van der Waals surface area contributed by atoms with Crippen LogP contribution in [0.1, 0.15) is 27.4 Å². The van der Waals surface area contributed by atoms with E-state index in [1.807, 2.05) is 38.1 Å². The summed E-state index contributed by atoms with van der Waals surface area (Å²) in [4.78, 5) is 20.6. The maximum absolute atomic E-state index is 12.1. The number of pyridine rings is 2. The summed E-state index contributed by atoms with van der Waals surface area (Å²) in [5.74, 6) is 0.514. The average Bonchev–Trinajstić information content (AvgIpc) is 2.92. The highest BCUT2D eigenvalue weighted by molar-refractivity contribution is 5.93. The van der Waals surface area contributed by atoms with Crippen LogP contribution in [-0.2, 0) is 6.54 Å². The number of nitrogens with one attached hydrogen (secondary N) is 1. The summed E-state index contributed by atoms with van der Waals surface area (Å²) >= 11 is 0. The summed E-state index contributed by atoms with van der Waals surface area (Å²) in [6, 6.07) is 11.1. The molecule has 0 aliphatic heterocycles. The molecule has 3 rings (SSSR count). The highest BCUT2D eigenvalue weighted by atomic mass is 16.1. The number of nitrogens with zero attached hydrogens (tertiary/aromatic N) is 4. The molecule has 0 aliphatic rings. The van der Waals surface area contributed by atoms with Crippen LogP contribution in [0, 0.1) is 13.8 Å². The zero-order valence-corrected chi connectivity index (χ0v) is 13.0. The average molecular weight is 307 g/mol. The minimum atomic E-state index is -0.178. The molecule has 1 N–H and O–H groups in total. The Balaban J connectivity index is 1.69. The molecule has 0 saturated heterocycles. The van der Waals surface area contributed by atoms with Gasteiger partial charge in [0, 0.05) is 18.1 Å². The summed E-state index contributed by atoms with van der Waals surface area (Å²) in [6.45, 7) is 4.29. The first-order chi connectivity index (χ1) is 11.1. The first-order valence-electron chi connectivity index (χ1n) is 7.31. The van der Waals surface area contributed by atoms with Gasteiger partial charge in [-0.2, -0.15) is 5.10 Å². The van der Waals surface area contributed by atoms with E-state index in [4.69, 9.17) is 0 Å². The van der Waals surface area contributed by atoms with Crippen LogP contribution in [0.15, 0.2) is 48.8 Å². The van der Waals surface area contributed by atoms with Gasteiger partial charge in [0.2, 0.25) is 0 Å². The molecule has 0 unspecified atom stereocenters. The van der Waals surface area contributed by atoms with Crippen molar-refractivity contribution in [2.75, 3.05) is 0 Å². The van der Waals surface area contributed by atoms with E-state index >= 15 is 0 Å². The van der Waals surface area contributed by atoms with Crippen LogP contribution in [0.2, 0.25) is 0 Å². The Hall–Kier alpha value is -3.02. The molecule has 0 radical (unpaired) electrons. The lowest BCUT2D eigenvalue weighted by atomic mass is 10.2. The standard InChI is InChI=1S/C17H17N5O/c1-12-9-13(2)22(21-12)16-7-6-14(10-19-16)17(23)20-11-15-5-3-4-8-18-15/h3-10H,11H2,1-2H3,(H,20,23). The first kappa shape index (κ1) is 14.9. The molecular weight excluding hydrogens is 290 g/mol. The highest BCUT2D eigenvalue weighted by Crippen LogP contribution is 2.10. The fraction of sp³-hybridized carbons (Fsp3) is 0.176. The van der Waals surface area contributed by atoms with E-state index < -0.39 is 0 Å². The van der Waals surface area contributed by atoms with Crippen molar-refractivity contribution in [1.82, 2.24) is 25.1 Å². The van der Waals surface area contributed by atoms with Gasteiger partial charge in [-0.15, -0.1) is 0 Å². The van der Waals surface area contributed by atoms with Gasteiger partial charge >= 0.3 is 0 Å². The summed E-state index contributed by atoms with van der Waals surface area (Å²) < 4.78 is 1.75. The summed E-state index contributed by atoms with van der Waals surface area (Å²) in [6.07, 6.45) is 3.26. The summed E-state index contributed by atoms with van der Waals surface area (Å²) in [5, 5.41) is 7.20. The predicted molar refractivity (Wildman–Crippen MR) is 86.2 cm³/mol. The molecule has 0 saturated carbocycles. The highest BCUT2D eigenvalue weighted by Gasteiger charge is 2.09. The minimum absolute atomic E-state index is 0.178. The van der Waals surface area contributed by atoms with Crippen molar-refractivity contribution in [3.63, 3.8) is 0 Å². The number of rotatable bonds is 4. The third-order valence-corrected chi connectivity index (χ3v) is 3.39. The van der Waals surface area contributed by atoms with Crippen molar-refractivity contribution < 1.29 is 4.79 Å². The van der Waals surface area contributed by atoms with Crippen molar-refractivity contribution in [1.29, 1.82) is 0 Å². The maximum Gasteiger partial charge on any atom is 0.253 e. The third-order valence-electron chi connectivity index (χ3n) is 3.39. The molecule has 0 aromatic carbocycles. The third kappa shape index (κ3) is 3.42. The molecule has 116 valence electrons. The maximum atomic E-state index is 12.1. The number of amides is 1. The van der Waals surface area contributed by atoms with Gasteiger partial charge in [0.15, 0.2) is 5.82 Å². The lowest BCUT2D eigenvalue weighted by Gasteiger charge is -2.06. The largest absolute Gasteiger partial charge is 0.346 e. The number of hydrogen-bond donors (Lipinski definition) is 1. The van der Waals surface area contributed by atoms with Crippen molar-refractivity contribution >= 4 is 5.91 Å². The van der Waals surface area contributed by atoms with Crippen LogP contribution in [0.3, 0.4) is 0 Å². The number of aryl methyl sites for hydroxylation is 2. The molecule has 3 aromatic heterocycles. The Morgan fingerprint density at radius 1 is 1.17 bits per heavy atom. The molecule has 0 fully saturated rings. The van der Waals surface area contributed by atoms with E-state index in [-0.39, 0.29) is 5.91 Å². The molecular formula is C17H17N5O. The van der Waals surface area contributed by atoms with Gasteiger partial charge in [-0.1, -0.05) is 6.07 Å².